The zero-order chi connectivity index (χ0) is 13.6. The van der Waals surface area contributed by atoms with Crippen LogP contribution in [-0.4, -0.2) is 13.1 Å². The first kappa shape index (κ1) is 14.0. The van der Waals surface area contributed by atoms with Crippen molar-refractivity contribution in [2.24, 2.45) is 11.3 Å². The summed E-state index contributed by atoms with van der Waals surface area (Å²) < 4.78 is 14.1. The van der Waals surface area contributed by atoms with Crippen LogP contribution in [-0.2, 0) is 5.41 Å². The molecule has 0 bridgehead atoms. The summed E-state index contributed by atoms with van der Waals surface area (Å²) in [5.74, 6) is 0.405. The molecule has 0 saturated heterocycles. The minimum atomic E-state index is -0.184. The van der Waals surface area contributed by atoms with Crippen LogP contribution in [0.4, 0.5) is 4.39 Å². The predicted octanol–water partition coefficient (Wildman–Crippen LogP) is 4.11. The molecule has 2 rings (SSSR count). The second kappa shape index (κ2) is 4.61. The molecule has 1 N–H and O–H groups in total. The van der Waals surface area contributed by atoms with Crippen LogP contribution < -0.4 is 5.32 Å². The Labute approximate surface area is 117 Å². The van der Waals surface area contributed by atoms with Gasteiger partial charge in [-0.3, -0.25) is 0 Å². The molecule has 0 amide bonds. The summed E-state index contributed by atoms with van der Waals surface area (Å²) >= 11 is 3.51. The smallest absolute Gasteiger partial charge is 0.124 e. The van der Waals surface area contributed by atoms with Crippen LogP contribution in [0.25, 0.3) is 0 Å². The molecule has 2 atom stereocenters. The summed E-state index contributed by atoms with van der Waals surface area (Å²) in [7, 11) is 0. The maximum absolute atomic E-state index is 13.2. The van der Waals surface area contributed by atoms with Crippen LogP contribution >= 0.6 is 15.9 Å². The lowest BCUT2D eigenvalue weighted by atomic mass is 9.89. The zero-order valence-electron chi connectivity index (χ0n) is 11.5. The number of benzene rings is 1. The van der Waals surface area contributed by atoms with Crippen molar-refractivity contribution in [2.75, 3.05) is 13.1 Å². The van der Waals surface area contributed by atoms with E-state index < -0.39 is 0 Å². The first-order valence-corrected chi connectivity index (χ1v) is 7.31. The highest BCUT2D eigenvalue weighted by atomic mass is 79.9. The second-order valence-corrected chi connectivity index (χ2v) is 6.76. The van der Waals surface area contributed by atoms with E-state index in [2.05, 4.69) is 48.9 Å². The summed E-state index contributed by atoms with van der Waals surface area (Å²) in [6.45, 7) is 11.0. The van der Waals surface area contributed by atoms with Crippen molar-refractivity contribution in [3.05, 3.63) is 34.1 Å². The van der Waals surface area contributed by atoms with Crippen molar-refractivity contribution in [1.82, 2.24) is 5.32 Å². The Bertz CT molecular complexity index is 458. The Morgan fingerprint density at radius 3 is 2.56 bits per heavy atom. The average molecular weight is 314 g/mol. The van der Waals surface area contributed by atoms with Gasteiger partial charge in [0.05, 0.1) is 0 Å². The molecule has 0 aromatic heterocycles. The van der Waals surface area contributed by atoms with Gasteiger partial charge in [0.25, 0.3) is 0 Å². The van der Waals surface area contributed by atoms with Gasteiger partial charge in [-0.15, -0.1) is 0 Å². The van der Waals surface area contributed by atoms with Gasteiger partial charge in [-0.05, 0) is 42.1 Å². The van der Waals surface area contributed by atoms with E-state index in [1.807, 2.05) is 6.07 Å². The van der Waals surface area contributed by atoms with Gasteiger partial charge in [-0.2, -0.15) is 0 Å². The normalized spacial score (nSPS) is 29.3. The molecule has 0 aliphatic heterocycles. The van der Waals surface area contributed by atoms with Crippen molar-refractivity contribution in [3.8, 4) is 0 Å². The van der Waals surface area contributed by atoms with Gasteiger partial charge in [0.1, 0.15) is 5.82 Å². The van der Waals surface area contributed by atoms with Gasteiger partial charge in [0, 0.05) is 9.89 Å². The van der Waals surface area contributed by atoms with Crippen LogP contribution in [0, 0.1) is 17.2 Å². The van der Waals surface area contributed by atoms with Crippen molar-refractivity contribution < 1.29 is 4.39 Å². The van der Waals surface area contributed by atoms with Crippen molar-refractivity contribution in [1.29, 1.82) is 0 Å². The highest BCUT2D eigenvalue weighted by molar-refractivity contribution is 9.10. The molecule has 1 saturated carbocycles. The largest absolute Gasteiger partial charge is 0.317 e. The minimum Gasteiger partial charge on any atom is -0.317 e. The SMILES string of the molecule is CCNCC1C(C)(C)C1(C)c1ccc(F)cc1Br. The van der Waals surface area contributed by atoms with Crippen molar-refractivity contribution in [2.45, 2.75) is 33.1 Å². The van der Waals surface area contributed by atoms with Gasteiger partial charge < -0.3 is 5.32 Å². The van der Waals surface area contributed by atoms with E-state index in [4.69, 9.17) is 0 Å². The molecule has 1 aromatic carbocycles. The number of hydrogen-bond acceptors (Lipinski definition) is 1. The third-order valence-electron chi connectivity index (χ3n) is 4.91. The second-order valence-electron chi connectivity index (χ2n) is 5.91. The third-order valence-corrected chi connectivity index (χ3v) is 5.57. The maximum atomic E-state index is 13.2. The molecule has 0 spiro atoms. The maximum Gasteiger partial charge on any atom is 0.124 e. The Morgan fingerprint density at radius 2 is 2.00 bits per heavy atom. The fraction of sp³-hybridized carbons (Fsp3) is 0.600. The van der Waals surface area contributed by atoms with Crippen LogP contribution in [0.15, 0.2) is 22.7 Å². The van der Waals surface area contributed by atoms with Crippen LogP contribution in [0.1, 0.15) is 33.3 Å². The zero-order valence-corrected chi connectivity index (χ0v) is 13.1. The monoisotopic (exact) mass is 313 g/mol. The molecule has 0 heterocycles. The number of nitrogens with one attached hydrogen (secondary N) is 1. The van der Waals surface area contributed by atoms with Gasteiger partial charge >= 0.3 is 0 Å². The van der Waals surface area contributed by atoms with E-state index in [0.29, 0.717) is 5.92 Å². The molecule has 3 heteroatoms. The van der Waals surface area contributed by atoms with E-state index in [1.54, 1.807) is 12.1 Å². The highest BCUT2D eigenvalue weighted by Crippen LogP contribution is 2.69. The van der Waals surface area contributed by atoms with Crippen molar-refractivity contribution in [3.63, 3.8) is 0 Å². The lowest BCUT2D eigenvalue weighted by Crippen LogP contribution is -2.19. The molecular weight excluding hydrogens is 293 g/mol. The number of hydrogen-bond donors (Lipinski definition) is 1. The van der Waals surface area contributed by atoms with E-state index in [-0.39, 0.29) is 16.6 Å². The predicted molar refractivity (Wildman–Crippen MR) is 77.3 cm³/mol. The Balaban J connectivity index is 2.32. The molecule has 1 aromatic rings. The molecular formula is C15H21BrFN. The van der Waals surface area contributed by atoms with Gasteiger partial charge in [0.15, 0.2) is 0 Å². The Hall–Kier alpha value is -0.410. The first-order chi connectivity index (χ1) is 8.35. The van der Waals surface area contributed by atoms with Gasteiger partial charge in [-0.25, -0.2) is 4.39 Å². The molecule has 0 radical (unpaired) electrons. The van der Waals surface area contributed by atoms with E-state index in [9.17, 15) is 4.39 Å². The highest BCUT2D eigenvalue weighted by Gasteiger charge is 2.68. The molecule has 1 aliphatic carbocycles. The Kier molecular flexibility index (Phi) is 3.58. The van der Waals surface area contributed by atoms with Gasteiger partial charge in [-0.1, -0.05) is 49.7 Å². The first-order valence-electron chi connectivity index (χ1n) is 6.52. The summed E-state index contributed by atoms with van der Waals surface area (Å²) in [4.78, 5) is 0. The number of halogens is 2. The molecule has 1 fully saturated rings. The molecule has 1 aliphatic rings. The fourth-order valence-electron chi connectivity index (χ4n) is 3.30. The average Bonchev–Trinajstić information content (AvgIpc) is 2.70. The minimum absolute atomic E-state index is 0.113. The molecule has 2 unspecified atom stereocenters. The fourth-order valence-corrected chi connectivity index (χ4v) is 4.06. The lowest BCUT2D eigenvalue weighted by Gasteiger charge is -2.17. The molecule has 18 heavy (non-hydrogen) atoms. The number of rotatable bonds is 4. The quantitative estimate of drug-likeness (QED) is 0.882. The van der Waals surface area contributed by atoms with Crippen LogP contribution in [0.2, 0.25) is 0 Å². The topological polar surface area (TPSA) is 12.0 Å². The Morgan fingerprint density at radius 1 is 1.33 bits per heavy atom. The summed E-state index contributed by atoms with van der Waals surface area (Å²) in [5, 5.41) is 3.43. The molecule has 1 nitrogen and oxygen atoms in total. The third kappa shape index (κ3) is 1.92. The lowest BCUT2D eigenvalue weighted by molar-refractivity contribution is 0.508. The van der Waals surface area contributed by atoms with E-state index in [1.165, 1.54) is 5.56 Å². The summed E-state index contributed by atoms with van der Waals surface area (Å²) in [6, 6.07) is 5.05. The van der Waals surface area contributed by atoms with E-state index in [0.717, 1.165) is 17.6 Å². The van der Waals surface area contributed by atoms with Gasteiger partial charge in [0.2, 0.25) is 0 Å². The molecule has 100 valence electrons. The standard InChI is InChI=1S/C15H21BrFN/c1-5-18-9-13-14(2,3)15(13,4)11-7-6-10(17)8-12(11)16/h6-8,13,18H,5,9H2,1-4H3. The van der Waals surface area contributed by atoms with E-state index >= 15 is 0 Å². The summed E-state index contributed by atoms with van der Waals surface area (Å²) in [5.41, 5.74) is 1.58. The van der Waals surface area contributed by atoms with Crippen LogP contribution in [0.3, 0.4) is 0 Å². The summed E-state index contributed by atoms with van der Waals surface area (Å²) in [6.07, 6.45) is 0. The van der Waals surface area contributed by atoms with Crippen LogP contribution in [0.5, 0.6) is 0 Å². The van der Waals surface area contributed by atoms with Crippen molar-refractivity contribution >= 4 is 15.9 Å².